The molecule has 0 amide bonds. The summed E-state index contributed by atoms with van der Waals surface area (Å²) in [4.78, 5) is 0. The molecular formula is C10H22ClNO2. The molecule has 3 nitrogen and oxygen atoms in total. The fraction of sp³-hybridized carbons (Fsp3) is 1.00. The summed E-state index contributed by atoms with van der Waals surface area (Å²) in [5.41, 5.74) is 6.06. The molecule has 0 bridgehead atoms. The second-order valence-electron chi connectivity index (χ2n) is 3.96. The number of ether oxygens (including phenoxy) is 2. The highest BCUT2D eigenvalue weighted by Crippen LogP contribution is 2.37. The highest BCUT2D eigenvalue weighted by atomic mass is 35.5. The van der Waals surface area contributed by atoms with Gasteiger partial charge in [-0.2, -0.15) is 0 Å². The van der Waals surface area contributed by atoms with E-state index in [4.69, 9.17) is 15.2 Å². The van der Waals surface area contributed by atoms with Crippen molar-refractivity contribution < 1.29 is 9.47 Å². The van der Waals surface area contributed by atoms with Crippen molar-refractivity contribution in [3.8, 4) is 0 Å². The molecule has 1 aliphatic carbocycles. The van der Waals surface area contributed by atoms with Gasteiger partial charge in [-0.25, -0.2) is 0 Å². The maximum Gasteiger partial charge on any atom is 0.0700 e. The molecule has 0 spiro atoms. The van der Waals surface area contributed by atoms with E-state index in [0.29, 0.717) is 13.2 Å². The SMILES string of the molecule is COCCOCC1(CN)CCCC1.Cl. The molecule has 0 saturated heterocycles. The lowest BCUT2D eigenvalue weighted by molar-refractivity contribution is 0.0203. The molecule has 0 aromatic heterocycles. The number of methoxy groups -OCH3 is 1. The van der Waals surface area contributed by atoms with Gasteiger partial charge >= 0.3 is 0 Å². The van der Waals surface area contributed by atoms with E-state index in [9.17, 15) is 0 Å². The van der Waals surface area contributed by atoms with E-state index in [1.807, 2.05) is 0 Å². The van der Waals surface area contributed by atoms with Crippen LogP contribution in [0.2, 0.25) is 0 Å². The lowest BCUT2D eigenvalue weighted by Gasteiger charge is -2.26. The highest BCUT2D eigenvalue weighted by Gasteiger charge is 2.32. The van der Waals surface area contributed by atoms with Gasteiger partial charge in [0.1, 0.15) is 0 Å². The summed E-state index contributed by atoms with van der Waals surface area (Å²) in [5, 5.41) is 0. The lowest BCUT2D eigenvalue weighted by atomic mass is 9.87. The summed E-state index contributed by atoms with van der Waals surface area (Å²) in [7, 11) is 1.69. The second-order valence-corrected chi connectivity index (χ2v) is 3.96. The summed E-state index contributed by atoms with van der Waals surface area (Å²) in [6, 6.07) is 0. The molecule has 4 heteroatoms. The van der Waals surface area contributed by atoms with Gasteiger partial charge < -0.3 is 15.2 Å². The molecule has 0 aliphatic heterocycles. The normalized spacial score (nSPS) is 19.3. The van der Waals surface area contributed by atoms with E-state index in [1.165, 1.54) is 25.7 Å². The molecule has 1 saturated carbocycles. The molecular weight excluding hydrogens is 202 g/mol. The predicted octanol–water partition coefficient (Wildman–Crippen LogP) is 1.59. The number of halogens is 1. The molecule has 14 heavy (non-hydrogen) atoms. The number of hydrogen-bond acceptors (Lipinski definition) is 3. The van der Waals surface area contributed by atoms with Gasteiger partial charge in [0.15, 0.2) is 0 Å². The van der Waals surface area contributed by atoms with Crippen molar-refractivity contribution in [2.45, 2.75) is 25.7 Å². The van der Waals surface area contributed by atoms with E-state index in [0.717, 1.165) is 13.2 Å². The van der Waals surface area contributed by atoms with Crippen molar-refractivity contribution in [3.63, 3.8) is 0 Å². The Bertz CT molecular complexity index is 138. The van der Waals surface area contributed by atoms with Crippen molar-refractivity contribution in [1.29, 1.82) is 0 Å². The first kappa shape index (κ1) is 14.2. The van der Waals surface area contributed by atoms with Crippen LogP contribution in [-0.4, -0.2) is 33.5 Å². The Labute approximate surface area is 92.7 Å². The number of hydrogen-bond donors (Lipinski definition) is 1. The van der Waals surface area contributed by atoms with Gasteiger partial charge in [-0.05, 0) is 12.8 Å². The van der Waals surface area contributed by atoms with Crippen LogP contribution in [-0.2, 0) is 9.47 Å². The summed E-state index contributed by atoms with van der Waals surface area (Å²) in [6.45, 7) is 2.95. The van der Waals surface area contributed by atoms with Crippen LogP contribution in [0.5, 0.6) is 0 Å². The van der Waals surface area contributed by atoms with Crippen LogP contribution >= 0.6 is 12.4 Å². The third kappa shape index (κ3) is 4.13. The average Bonchev–Trinajstić information content (AvgIpc) is 2.62. The Morgan fingerprint density at radius 3 is 2.36 bits per heavy atom. The van der Waals surface area contributed by atoms with Crippen molar-refractivity contribution in [2.24, 2.45) is 11.1 Å². The lowest BCUT2D eigenvalue weighted by Crippen LogP contribution is -2.32. The maximum atomic E-state index is 5.77. The maximum absolute atomic E-state index is 5.77. The van der Waals surface area contributed by atoms with Crippen LogP contribution in [0.3, 0.4) is 0 Å². The Morgan fingerprint density at radius 1 is 1.21 bits per heavy atom. The minimum absolute atomic E-state index is 0. The Morgan fingerprint density at radius 2 is 1.86 bits per heavy atom. The summed E-state index contributed by atoms with van der Waals surface area (Å²) in [5.74, 6) is 0. The van der Waals surface area contributed by atoms with E-state index in [1.54, 1.807) is 7.11 Å². The topological polar surface area (TPSA) is 44.5 Å². The quantitative estimate of drug-likeness (QED) is 0.696. The standard InChI is InChI=1S/C10H21NO2.ClH/c1-12-6-7-13-9-10(8-11)4-2-3-5-10;/h2-9,11H2,1H3;1H. The smallest absolute Gasteiger partial charge is 0.0700 e. The van der Waals surface area contributed by atoms with E-state index < -0.39 is 0 Å². The van der Waals surface area contributed by atoms with Crippen LogP contribution < -0.4 is 5.73 Å². The third-order valence-corrected chi connectivity index (χ3v) is 2.94. The Kier molecular flexibility index (Phi) is 7.55. The minimum Gasteiger partial charge on any atom is -0.382 e. The molecule has 2 N–H and O–H groups in total. The zero-order chi connectivity index (χ0) is 9.57. The zero-order valence-electron chi connectivity index (χ0n) is 8.96. The largest absolute Gasteiger partial charge is 0.382 e. The molecule has 86 valence electrons. The third-order valence-electron chi connectivity index (χ3n) is 2.94. The fourth-order valence-corrected chi connectivity index (χ4v) is 1.96. The van der Waals surface area contributed by atoms with E-state index >= 15 is 0 Å². The van der Waals surface area contributed by atoms with Gasteiger partial charge in [0.2, 0.25) is 0 Å². The summed E-state index contributed by atoms with van der Waals surface area (Å²) < 4.78 is 10.5. The van der Waals surface area contributed by atoms with Crippen molar-refractivity contribution in [3.05, 3.63) is 0 Å². The molecule has 1 aliphatic rings. The predicted molar refractivity (Wildman–Crippen MR) is 59.9 cm³/mol. The molecule has 0 aromatic rings. The van der Waals surface area contributed by atoms with Gasteiger partial charge in [0, 0.05) is 19.1 Å². The highest BCUT2D eigenvalue weighted by molar-refractivity contribution is 5.85. The van der Waals surface area contributed by atoms with E-state index in [-0.39, 0.29) is 17.8 Å². The first-order chi connectivity index (χ1) is 6.33. The molecule has 1 fully saturated rings. The minimum atomic E-state index is 0. The Hall–Kier alpha value is 0.170. The van der Waals surface area contributed by atoms with Gasteiger partial charge in [0.05, 0.1) is 19.8 Å². The van der Waals surface area contributed by atoms with Crippen molar-refractivity contribution in [2.75, 3.05) is 33.5 Å². The Balaban J connectivity index is 0.00000169. The van der Waals surface area contributed by atoms with Crippen molar-refractivity contribution >= 4 is 12.4 Å². The van der Waals surface area contributed by atoms with Gasteiger partial charge in [-0.1, -0.05) is 12.8 Å². The summed E-state index contributed by atoms with van der Waals surface area (Å²) in [6.07, 6.45) is 5.09. The average molecular weight is 224 g/mol. The van der Waals surface area contributed by atoms with Crippen molar-refractivity contribution in [1.82, 2.24) is 0 Å². The zero-order valence-corrected chi connectivity index (χ0v) is 9.78. The van der Waals surface area contributed by atoms with Crippen LogP contribution in [0.1, 0.15) is 25.7 Å². The first-order valence-electron chi connectivity index (χ1n) is 5.10. The van der Waals surface area contributed by atoms with Crippen LogP contribution in [0.15, 0.2) is 0 Å². The first-order valence-corrected chi connectivity index (χ1v) is 5.10. The van der Waals surface area contributed by atoms with Crippen LogP contribution in [0, 0.1) is 5.41 Å². The molecule has 0 heterocycles. The van der Waals surface area contributed by atoms with Gasteiger partial charge in [0.25, 0.3) is 0 Å². The second kappa shape index (κ2) is 7.46. The van der Waals surface area contributed by atoms with E-state index in [2.05, 4.69) is 0 Å². The van der Waals surface area contributed by atoms with Gasteiger partial charge in [-0.3, -0.25) is 0 Å². The molecule has 0 radical (unpaired) electrons. The van der Waals surface area contributed by atoms with Crippen LogP contribution in [0.4, 0.5) is 0 Å². The fourth-order valence-electron chi connectivity index (χ4n) is 1.96. The molecule has 0 atom stereocenters. The van der Waals surface area contributed by atoms with Crippen LogP contribution in [0.25, 0.3) is 0 Å². The molecule has 0 unspecified atom stereocenters. The monoisotopic (exact) mass is 223 g/mol. The van der Waals surface area contributed by atoms with Gasteiger partial charge in [-0.15, -0.1) is 12.4 Å². The molecule has 1 rings (SSSR count). The number of rotatable bonds is 6. The molecule has 0 aromatic carbocycles. The number of nitrogens with two attached hydrogens (primary N) is 1. The summed E-state index contributed by atoms with van der Waals surface area (Å²) >= 11 is 0.